The Balaban J connectivity index is 0.000000596. The number of nitrogens with two attached hydrogens (primary N) is 1. The molecule has 1 aliphatic rings. The maximum absolute atomic E-state index is 12.3. The summed E-state index contributed by atoms with van der Waals surface area (Å²) < 4.78 is 92.1. The van der Waals surface area contributed by atoms with E-state index in [1.54, 1.807) is 57.3 Å². The number of ether oxygens (including phenoxy) is 10. The van der Waals surface area contributed by atoms with Crippen LogP contribution < -0.4 is 5.32 Å². The lowest BCUT2D eigenvalue weighted by atomic mass is 10.0. The fourth-order valence-electron chi connectivity index (χ4n) is 5.46. The molecule has 1 saturated heterocycles. The molecule has 1 fully saturated rings. The quantitative estimate of drug-likeness (QED) is 0.0847. The lowest BCUT2D eigenvalue weighted by Crippen LogP contribution is -2.76. The van der Waals surface area contributed by atoms with E-state index in [0.717, 1.165) is 26.1 Å². The number of hydrogen-bond donors (Lipinski definition) is 1. The zero-order chi connectivity index (χ0) is 46.6. The van der Waals surface area contributed by atoms with Gasteiger partial charge in [-0.15, -0.1) is 0 Å². The van der Waals surface area contributed by atoms with Crippen LogP contribution in [0.4, 0.5) is 23.0 Å². The zero-order valence-electron chi connectivity index (χ0n) is 37.1. The van der Waals surface area contributed by atoms with E-state index >= 15 is 0 Å². The highest BCUT2D eigenvalue weighted by molar-refractivity contribution is 6.50. The van der Waals surface area contributed by atoms with E-state index in [4.69, 9.17) is 47.4 Å². The summed E-state index contributed by atoms with van der Waals surface area (Å²) in [7, 11) is -6.00. The summed E-state index contributed by atoms with van der Waals surface area (Å²) in [6.07, 6.45) is 7.31. The van der Waals surface area contributed by atoms with Crippen molar-refractivity contribution in [2.75, 3.05) is 106 Å². The second-order valence-electron chi connectivity index (χ2n) is 13.3. The Morgan fingerprint density at radius 3 is 0.984 bits per heavy atom. The summed E-state index contributed by atoms with van der Waals surface area (Å²) in [4.78, 5) is 49.1. The molecule has 358 valence electrons. The lowest BCUT2D eigenvalue weighted by Gasteiger charge is -2.10. The molecule has 0 amide bonds. The minimum atomic E-state index is -6.00. The summed E-state index contributed by atoms with van der Waals surface area (Å²) in [6.45, 7) is 15.7. The normalized spacial score (nSPS) is 15.7. The van der Waals surface area contributed by atoms with Gasteiger partial charge in [0, 0.05) is 30.9 Å². The molecule has 0 atom stereocenters. The first-order chi connectivity index (χ1) is 30.3. The summed E-state index contributed by atoms with van der Waals surface area (Å²) in [5.41, 5.74) is 2.10. The topological polar surface area (TPSA) is 177 Å². The number of halogens is 4. The predicted octanol–water partition coefficient (Wildman–Crippen LogP) is 6.53. The van der Waals surface area contributed by atoms with Gasteiger partial charge >= 0.3 is 31.1 Å². The first-order valence-corrected chi connectivity index (χ1v) is 21.5. The van der Waals surface area contributed by atoms with Gasteiger partial charge in [0.15, 0.2) is 0 Å². The molecule has 15 nitrogen and oxygen atoms in total. The number of esters is 4. The zero-order valence-corrected chi connectivity index (χ0v) is 37.1. The molecule has 0 bridgehead atoms. The second kappa shape index (κ2) is 36.2. The lowest BCUT2D eigenvalue weighted by molar-refractivity contribution is -0.588. The van der Waals surface area contributed by atoms with Crippen LogP contribution in [-0.4, -0.2) is 137 Å². The third-order valence-corrected chi connectivity index (χ3v) is 8.25. The number of carbonyl (C=O) groups excluding carboxylic acids is 4. The minimum absolute atomic E-state index is 0.193. The maximum atomic E-state index is 12.3. The van der Waals surface area contributed by atoms with Crippen molar-refractivity contribution in [2.45, 2.75) is 72.8 Å². The Labute approximate surface area is 368 Å². The Morgan fingerprint density at radius 2 is 0.698 bits per heavy atom. The number of quaternary nitrogens is 1. The van der Waals surface area contributed by atoms with Crippen molar-refractivity contribution in [3.05, 3.63) is 64.2 Å². The van der Waals surface area contributed by atoms with Crippen molar-refractivity contribution in [1.29, 1.82) is 0 Å². The molecular formula is C43H66BF4NO14. The highest BCUT2D eigenvalue weighted by atomic mass is 19.5. The molecule has 0 unspecified atom stereocenters. The molecule has 2 aromatic rings. The van der Waals surface area contributed by atoms with Crippen molar-refractivity contribution in [2.24, 2.45) is 0 Å². The molecule has 0 aromatic heterocycles. The Kier molecular flexibility index (Phi) is 32.7. The molecule has 0 radical (unpaired) electrons. The van der Waals surface area contributed by atoms with Gasteiger partial charge in [0.2, 0.25) is 0 Å². The van der Waals surface area contributed by atoms with Crippen LogP contribution in [-0.2, 0) is 53.9 Å². The number of benzene rings is 2. The van der Waals surface area contributed by atoms with Crippen LogP contribution in [0.15, 0.2) is 36.4 Å². The molecule has 63 heavy (non-hydrogen) atoms. The van der Waals surface area contributed by atoms with Gasteiger partial charge in [-0.3, -0.25) is 0 Å². The molecule has 3 rings (SSSR count). The third kappa shape index (κ3) is 30.5. The van der Waals surface area contributed by atoms with Crippen molar-refractivity contribution in [3.8, 4) is 0 Å². The molecule has 2 aromatic carbocycles. The predicted molar refractivity (Wildman–Crippen MR) is 225 cm³/mol. The molecule has 2 N–H and O–H groups in total. The van der Waals surface area contributed by atoms with Crippen molar-refractivity contribution in [1.82, 2.24) is 0 Å². The molecule has 0 saturated carbocycles. The fourth-order valence-corrected chi connectivity index (χ4v) is 5.46. The summed E-state index contributed by atoms with van der Waals surface area (Å²) in [5, 5.41) is 1.77. The van der Waals surface area contributed by atoms with Gasteiger partial charge in [-0.2, -0.15) is 0 Å². The maximum Gasteiger partial charge on any atom is 0.673 e. The monoisotopic (exact) mass is 907 g/mol. The first-order valence-electron chi connectivity index (χ1n) is 21.5. The Morgan fingerprint density at radius 1 is 0.444 bits per heavy atom. The van der Waals surface area contributed by atoms with Gasteiger partial charge in [-0.1, -0.05) is 25.7 Å². The number of hydrogen-bond acceptors (Lipinski definition) is 14. The van der Waals surface area contributed by atoms with Gasteiger partial charge < -0.3 is 69.9 Å². The molecule has 1 aliphatic heterocycles. The summed E-state index contributed by atoms with van der Waals surface area (Å²) in [5.74, 6) is -2.22. The van der Waals surface area contributed by atoms with Crippen LogP contribution in [0.5, 0.6) is 0 Å². The summed E-state index contributed by atoms with van der Waals surface area (Å²) >= 11 is 0. The molecule has 0 spiro atoms. The van der Waals surface area contributed by atoms with Gasteiger partial charge in [0.25, 0.3) is 0 Å². The average molecular weight is 908 g/mol. The number of carbonyl (C=O) groups is 4. The van der Waals surface area contributed by atoms with Crippen LogP contribution in [0.1, 0.15) is 113 Å². The van der Waals surface area contributed by atoms with E-state index in [1.807, 2.05) is 0 Å². The minimum Gasteiger partial charge on any atom is -0.462 e. The van der Waals surface area contributed by atoms with Gasteiger partial charge in [0.05, 0.1) is 115 Å². The Hall–Kier alpha value is -4.18. The van der Waals surface area contributed by atoms with Gasteiger partial charge in [-0.25, -0.2) is 19.2 Å². The average Bonchev–Trinajstić information content (AvgIpc) is 3.24. The largest absolute Gasteiger partial charge is 0.673 e. The van der Waals surface area contributed by atoms with E-state index < -0.39 is 31.1 Å². The van der Waals surface area contributed by atoms with E-state index in [9.17, 15) is 36.4 Å². The number of rotatable bonds is 11. The highest BCUT2D eigenvalue weighted by Gasteiger charge is 2.21. The highest BCUT2D eigenvalue weighted by Crippen LogP contribution is 2.17. The van der Waals surface area contributed by atoms with E-state index in [1.165, 1.54) is 37.8 Å². The molecule has 20 heteroatoms. The third-order valence-electron chi connectivity index (χ3n) is 8.25. The fraction of sp³-hybridized carbons (Fsp3) is 0.628. The van der Waals surface area contributed by atoms with Crippen molar-refractivity contribution >= 4 is 36.8 Å². The smallest absolute Gasteiger partial charge is 0.462 e. The molecule has 1 heterocycles. The van der Waals surface area contributed by atoms with E-state index in [2.05, 4.69) is 0 Å². The van der Waals surface area contributed by atoms with E-state index in [-0.39, 0.29) is 48.7 Å². The SMILES string of the molecule is C1CCCCOCCOCCOCCOCCOCCOCCC1.CCOC(=O)c1cc(C[NH2+]c2cc(C(=O)OCC)cc(C(=O)OCC)c2)cc(C(=O)OCC)c1.F[B-](F)(F)F. The van der Waals surface area contributed by atoms with Crippen molar-refractivity contribution in [3.63, 3.8) is 0 Å². The van der Waals surface area contributed by atoms with E-state index in [0.29, 0.717) is 83.9 Å². The standard InChI is InChI=1S/C25H29NO8.C18H36O6.BF4/c1-5-31-22(27)17-9-16(10-18(11-17)23(28)32-6-2)15-26-21-13-19(24(29)33-7-3)12-20(14-21)25(30)34-8-4;1-2-4-6-8-20-10-12-22-14-16-24-18-17-23-15-13-21-11-9-19-7-5-3-1;2-1(3,4)5/h9-14,26H,5-8,15H2,1-4H3;1-18H2;/q;;-1/p+1. The first kappa shape index (κ1) is 56.8. The van der Waals surface area contributed by atoms with Crippen LogP contribution in [0.2, 0.25) is 0 Å². The van der Waals surface area contributed by atoms with Crippen LogP contribution in [0, 0.1) is 0 Å². The van der Waals surface area contributed by atoms with Crippen molar-refractivity contribution < 1.29 is 89.1 Å². The van der Waals surface area contributed by atoms with Gasteiger partial charge in [-0.05, 0) is 64.8 Å². The molecular weight excluding hydrogens is 841 g/mol. The summed E-state index contributed by atoms with van der Waals surface area (Å²) in [6, 6.07) is 9.30. The molecule has 0 aliphatic carbocycles. The second-order valence-corrected chi connectivity index (χ2v) is 13.3. The van der Waals surface area contributed by atoms with Crippen LogP contribution in [0.25, 0.3) is 0 Å². The van der Waals surface area contributed by atoms with Crippen LogP contribution in [0.3, 0.4) is 0 Å². The van der Waals surface area contributed by atoms with Gasteiger partial charge in [0.1, 0.15) is 12.2 Å². The Bertz CT molecular complexity index is 1300. The van der Waals surface area contributed by atoms with Crippen LogP contribution >= 0.6 is 0 Å².